The number of nitro groups is 1. The van der Waals surface area contributed by atoms with Crippen LogP contribution in [0.3, 0.4) is 0 Å². The lowest BCUT2D eigenvalue weighted by atomic mass is 10.1. The molecule has 2 aromatic carbocycles. The minimum absolute atomic E-state index is 0.0813. The molecule has 4 heteroatoms. The minimum Gasteiger partial charge on any atom is -0.486 e. The fourth-order valence-corrected chi connectivity index (χ4v) is 1.86. The summed E-state index contributed by atoms with van der Waals surface area (Å²) in [5.41, 5.74) is 1.74. The van der Waals surface area contributed by atoms with Gasteiger partial charge >= 0.3 is 0 Å². The molecule has 1 unspecified atom stereocenters. The fourth-order valence-electron chi connectivity index (χ4n) is 1.86. The first-order chi connectivity index (χ1) is 9.08. The van der Waals surface area contributed by atoms with E-state index in [1.54, 1.807) is 19.1 Å². The Kier molecular flexibility index (Phi) is 3.80. The van der Waals surface area contributed by atoms with E-state index in [2.05, 4.69) is 0 Å². The molecular formula is C15H15NO3. The van der Waals surface area contributed by atoms with E-state index >= 15 is 0 Å². The number of hydrogen-bond acceptors (Lipinski definition) is 3. The Morgan fingerprint density at radius 3 is 2.47 bits per heavy atom. The van der Waals surface area contributed by atoms with Crippen molar-refractivity contribution >= 4 is 5.69 Å². The van der Waals surface area contributed by atoms with Crippen molar-refractivity contribution in [1.29, 1.82) is 0 Å². The SMILES string of the molecule is Cc1ccc(OC(C)c2ccccc2)cc1[N+](=O)[O-]. The van der Waals surface area contributed by atoms with E-state index in [1.165, 1.54) is 6.07 Å². The van der Waals surface area contributed by atoms with Crippen LogP contribution in [0.1, 0.15) is 24.2 Å². The molecule has 2 rings (SSSR count). The van der Waals surface area contributed by atoms with Crippen molar-refractivity contribution in [3.63, 3.8) is 0 Å². The zero-order valence-corrected chi connectivity index (χ0v) is 10.9. The van der Waals surface area contributed by atoms with Crippen molar-refractivity contribution in [3.8, 4) is 5.75 Å². The summed E-state index contributed by atoms with van der Waals surface area (Å²) in [6.45, 7) is 3.63. The molecule has 4 nitrogen and oxygen atoms in total. The summed E-state index contributed by atoms with van der Waals surface area (Å²) in [6, 6.07) is 14.7. The number of rotatable bonds is 4. The Hall–Kier alpha value is -2.36. The van der Waals surface area contributed by atoms with Crippen LogP contribution in [0.25, 0.3) is 0 Å². The van der Waals surface area contributed by atoms with Crippen LogP contribution in [0.15, 0.2) is 48.5 Å². The van der Waals surface area contributed by atoms with Crippen LogP contribution in [0.4, 0.5) is 5.69 Å². The van der Waals surface area contributed by atoms with E-state index in [1.807, 2.05) is 37.3 Å². The highest BCUT2D eigenvalue weighted by Crippen LogP contribution is 2.27. The second kappa shape index (κ2) is 5.52. The van der Waals surface area contributed by atoms with Crippen LogP contribution >= 0.6 is 0 Å². The van der Waals surface area contributed by atoms with Crippen LogP contribution in [-0.2, 0) is 0 Å². The maximum Gasteiger partial charge on any atom is 0.276 e. The summed E-state index contributed by atoms with van der Waals surface area (Å²) < 4.78 is 5.74. The number of ether oxygens (including phenoxy) is 1. The van der Waals surface area contributed by atoms with E-state index in [9.17, 15) is 10.1 Å². The highest BCUT2D eigenvalue weighted by molar-refractivity contribution is 5.45. The zero-order chi connectivity index (χ0) is 13.8. The van der Waals surface area contributed by atoms with E-state index < -0.39 is 4.92 Å². The second-order valence-electron chi connectivity index (χ2n) is 4.38. The normalized spacial score (nSPS) is 11.9. The van der Waals surface area contributed by atoms with Crippen LogP contribution in [0.2, 0.25) is 0 Å². The first kappa shape index (κ1) is 13.1. The van der Waals surface area contributed by atoms with Gasteiger partial charge in [0.15, 0.2) is 0 Å². The van der Waals surface area contributed by atoms with E-state index in [0.717, 1.165) is 5.56 Å². The van der Waals surface area contributed by atoms with Crippen molar-refractivity contribution in [2.24, 2.45) is 0 Å². The van der Waals surface area contributed by atoms with Gasteiger partial charge in [0.05, 0.1) is 11.0 Å². The smallest absolute Gasteiger partial charge is 0.276 e. The number of benzene rings is 2. The molecular weight excluding hydrogens is 242 g/mol. The highest BCUT2D eigenvalue weighted by Gasteiger charge is 2.13. The Morgan fingerprint density at radius 2 is 1.84 bits per heavy atom. The number of hydrogen-bond donors (Lipinski definition) is 0. The van der Waals surface area contributed by atoms with Gasteiger partial charge in [-0.05, 0) is 31.5 Å². The largest absolute Gasteiger partial charge is 0.486 e. The van der Waals surface area contributed by atoms with E-state index in [4.69, 9.17) is 4.74 Å². The van der Waals surface area contributed by atoms with E-state index in [-0.39, 0.29) is 11.8 Å². The van der Waals surface area contributed by atoms with Gasteiger partial charge in [-0.1, -0.05) is 30.3 Å². The summed E-state index contributed by atoms with van der Waals surface area (Å²) in [6.07, 6.45) is -0.150. The zero-order valence-electron chi connectivity index (χ0n) is 10.9. The van der Waals surface area contributed by atoms with Gasteiger partial charge < -0.3 is 4.74 Å². The molecule has 0 saturated heterocycles. The molecule has 0 aliphatic heterocycles. The third-order valence-electron chi connectivity index (χ3n) is 2.96. The van der Waals surface area contributed by atoms with Crippen LogP contribution in [0.5, 0.6) is 5.75 Å². The van der Waals surface area contributed by atoms with Crippen molar-refractivity contribution in [3.05, 3.63) is 69.8 Å². The first-order valence-electron chi connectivity index (χ1n) is 6.04. The van der Waals surface area contributed by atoms with Gasteiger partial charge in [0.1, 0.15) is 11.9 Å². The third kappa shape index (κ3) is 3.10. The topological polar surface area (TPSA) is 52.4 Å². The van der Waals surface area contributed by atoms with Crippen LogP contribution in [0, 0.1) is 17.0 Å². The predicted octanol–water partition coefficient (Wildman–Crippen LogP) is 4.04. The average Bonchev–Trinajstić information content (AvgIpc) is 2.41. The Balaban J connectivity index is 2.20. The Bertz CT molecular complexity index is 581. The second-order valence-corrected chi connectivity index (χ2v) is 4.38. The van der Waals surface area contributed by atoms with Crippen LogP contribution in [-0.4, -0.2) is 4.92 Å². The molecule has 98 valence electrons. The molecule has 0 amide bonds. The maximum absolute atomic E-state index is 10.9. The Morgan fingerprint density at radius 1 is 1.16 bits per heavy atom. The maximum atomic E-state index is 10.9. The third-order valence-corrected chi connectivity index (χ3v) is 2.96. The van der Waals surface area contributed by atoms with Gasteiger partial charge in [0.25, 0.3) is 5.69 Å². The molecule has 0 aromatic heterocycles. The molecule has 0 bridgehead atoms. The average molecular weight is 257 g/mol. The van der Waals surface area contributed by atoms with Crippen LogP contribution < -0.4 is 4.74 Å². The summed E-state index contributed by atoms with van der Waals surface area (Å²) in [7, 11) is 0. The molecule has 0 spiro atoms. The van der Waals surface area contributed by atoms with Gasteiger partial charge in [0, 0.05) is 5.56 Å². The molecule has 0 heterocycles. The van der Waals surface area contributed by atoms with Crippen molar-refractivity contribution in [1.82, 2.24) is 0 Å². The molecule has 2 aromatic rings. The monoisotopic (exact) mass is 257 g/mol. The van der Waals surface area contributed by atoms with Gasteiger partial charge in [0.2, 0.25) is 0 Å². The van der Waals surface area contributed by atoms with Crippen molar-refractivity contribution in [2.75, 3.05) is 0 Å². The molecule has 0 radical (unpaired) electrons. The fraction of sp³-hybridized carbons (Fsp3) is 0.200. The summed E-state index contributed by atoms with van der Waals surface area (Å²) in [5, 5.41) is 10.9. The molecule has 0 fully saturated rings. The van der Waals surface area contributed by atoms with Crippen molar-refractivity contribution < 1.29 is 9.66 Å². The molecule has 0 saturated carbocycles. The summed E-state index contributed by atoms with van der Waals surface area (Å²) in [5.74, 6) is 0.508. The highest BCUT2D eigenvalue weighted by atomic mass is 16.6. The lowest BCUT2D eigenvalue weighted by molar-refractivity contribution is -0.385. The van der Waals surface area contributed by atoms with Crippen molar-refractivity contribution in [2.45, 2.75) is 20.0 Å². The number of aryl methyl sites for hydroxylation is 1. The number of nitro benzene ring substituents is 1. The van der Waals surface area contributed by atoms with Gasteiger partial charge in [-0.2, -0.15) is 0 Å². The first-order valence-corrected chi connectivity index (χ1v) is 6.04. The number of nitrogens with zero attached hydrogens (tertiary/aromatic N) is 1. The quantitative estimate of drug-likeness (QED) is 0.613. The van der Waals surface area contributed by atoms with E-state index in [0.29, 0.717) is 11.3 Å². The van der Waals surface area contributed by atoms with Gasteiger partial charge in [-0.3, -0.25) is 10.1 Å². The van der Waals surface area contributed by atoms with Gasteiger partial charge in [-0.15, -0.1) is 0 Å². The molecule has 0 N–H and O–H groups in total. The standard InChI is InChI=1S/C15H15NO3/c1-11-8-9-14(10-15(11)16(17)18)19-12(2)13-6-4-3-5-7-13/h3-10,12H,1-2H3. The lowest BCUT2D eigenvalue weighted by Crippen LogP contribution is -2.03. The molecule has 0 aliphatic rings. The summed E-state index contributed by atoms with van der Waals surface area (Å²) >= 11 is 0. The summed E-state index contributed by atoms with van der Waals surface area (Å²) in [4.78, 5) is 10.5. The molecule has 19 heavy (non-hydrogen) atoms. The lowest BCUT2D eigenvalue weighted by Gasteiger charge is -2.15. The van der Waals surface area contributed by atoms with Gasteiger partial charge in [-0.25, -0.2) is 0 Å². The minimum atomic E-state index is -0.393. The molecule has 0 aliphatic carbocycles. The Labute approximate surface area is 111 Å². The molecule has 1 atom stereocenters. The predicted molar refractivity (Wildman–Crippen MR) is 73.3 cm³/mol.